The lowest BCUT2D eigenvalue weighted by Crippen LogP contribution is -2.10. The highest BCUT2D eigenvalue weighted by atomic mass is 16.4. The third kappa shape index (κ3) is 7.49. The van der Waals surface area contributed by atoms with Crippen LogP contribution in [0.2, 0.25) is 0 Å². The van der Waals surface area contributed by atoms with E-state index in [0.717, 1.165) is 38.5 Å². The Labute approximate surface area is 159 Å². The van der Waals surface area contributed by atoms with E-state index >= 15 is 0 Å². The van der Waals surface area contributed by atoms with Gasteiger partial charge in [-0.2, -0.15) is 0 Å². The van der Waals surface area contributed by atoms with Crippen LogP contribution in [-0.4, -0.2) is 22.3 Å². The Hall–Kier alpha value is -1.35. The summed E-state index contributed by atoms with van der Waals surface area (Å²) >= 11 is 0. The lowest BCUT2D eigenvalue weighted by molar-refractivity contribution is -0.136. The van der Waals surface area contributed by atoms with E-state index in [0.29, 0.717) is 18.3 Å². The van der Waals surface area contributed by atoms with Gasteiger partial charge in [-0.3, -0.25) is 4.79 Å². The molecule has 1 aromatic rings. The van der Waals surface area contributed by atoms with Gasteiger partial charge in [-0.05, 0) is 66.2 Å². The SMILES string of the molecule is CCCCC(O)CCCc1c(CCC(=O)O)cc(C(C)C)cc1C(C)C. The number of hydrogen-bond acceptors (Lipinski definition) is 2. The Bertz CT molecular complexity index is 561. The van der Waals surface area contributed by atoms with Crippen LogP contribution >= 0.6 is 0 Å². The molecule has 1 unspecified atom stereocenters. The van der Waals surface area contributed by atoms with Gasteiger partial charge < -0.3 is 10.2 Å². The smallest absolute Gasteiger partial charge is 0.303 e. The number of benzene rings is 1. The zero-order valence-electron chi connectivity index (χ0n) is 17.3. The second kappa shape index (κ2) is 11.4. The maximum Gasteiger partial charge on any atom is 0.303 e. The molecule has 0 saturated carbocycles. The second-order valence-corrected chi connectivity index (χ2v) is 8.14. The number of carbonyl (C=O) groups is 1. The molecule has 2 N–H and O–H groups in total. The molecule has 0 aliphatic heterocycles. The molecule has 0 radical (unpaired) electrons. The molecule has 0 heterocycles. The summed E-state index contributed by atoms with van der Waals surface area (Å²) in [6.45, 7) is 10.9. The number of unbranched alkanes of at least 4 members (excludes halogenated alkanes) is 1. The van der Waals surface area contributed by atoms with E-state index in [1.165, 1.54) is 22.3 Å². The predicted octanol–water partition coefficient (Wildman–Crippen LogP) is 5.82. The fraction of sp³-hybridized carbons (Fsp3) is 0.696. The molecule has 0 aliphatic carbocycles. The molecule has 0 fully saturated rings. The third-order valence-electron chi connectivity index (χ3n) is 5.15. The van der Waals surface area contributed by atoms with Crippen LogP contribution < -0.4 is 0 Å². The maximum atomic E-state index is 11.1. The van der Waals surface area contributed by atoms with Crippen molar-refractivity contribution in [3.8, 4) is 0 Å². The van der Waals surface area contributed by atoms with E-state index in [1.807, 2.05) is 0 Å². The van der Waals surface area contributed by atoms with Gasteiger partial charge in [0.2, 0.25) is 0 Å². The Morgan fingerprint density at radius 2 is 1.65 bits per heavy atom. The highest BCUT2D eigenvalue weighted by Gasteiger charge is 2.16. The third-order valence-corrected chi connectivity index (χ3v) is 5.15. The molecule has 0 bridgehead atoms. The average Bonchev–Trinajstić information content (AvgIpc) is 2.57. The van der Waals surface area contributed by atoms with Gasteiger partial charge in [0.25, 0.3) is 0 Å². The number of rotatable bonds is 12. The molecule has 1 rings (SSSR count). The first-order chi connectivity index (χ1) is 12.3. The Kier molecular flexibility index (Phi) is 9.93. The van der Waals surface area contributed by atoms with Crippen LogP contribution in [0.25, 0.3) is 0 Å². The topological polar surface area (TPSA) is 57.5 Å². The van der Waals surface area contributed by atoms with Crippen LogP contribution in [0.15, 0.2) is 12.1 Å². The van der Waals surface area contributed by atoms with Crippen LogP contribution in [-0.2, 0) is 17.6 Å². The van der Waals surface area contributed by atoms with Crippen molar-refractivity contribution in [2.45, 2.75) is 104 Å². The average molecular weight is 363 g/mol. The van der Waals surface area contributed by atoms with Crippen molar-refractivity contribution in [3.63, 3.8) is 0 Å². The Balaban J connectivity index is 3.01. The van der Waals surface area contributed by atoms with Crippen molar-refractivity contribution in [2.75, 3.05) is 0 Å². The van der Waals surface area contributed by atoms with Gasteiger partial charge in [0, 0.05) is 6.42 Å². The summed E-state index contributed by atoms with van der Waals surface area (Å²) in [4.78, 5) is 11.1. The van der Waals surface area contributed by atoms with Gasteiger partial charge in [-0.25, -0.2) is 0 Å². The summed E-state index contributed by atoms with van der Waals surface area (Å²) in [7, 11) is 0. The quantitative estimate of drug-likeness (QED) is 0.492. The highest BCUT2D eigenvalue weighted by Crippen LogP contribution is 2.30. The summed E-state index contributed by atoms with van der Waals surface area (Å²) < 4.78 is 0. The second-order valence-electron chi connectivity index (χ2n) is 8.14. The Morgan fingerprint density at radius 3 is 2.19 bits per heavy atom. The van der Waals surface area contributed by atoms with Gasteiger partial charge in [0.15, 0.2) is 0 Å². The maximum absolute atomic E-state index is 11.1. The fourth-order valence-corrected chi connectivity index (χ4v) is 3.50. The minimum absolute atomic E-state index is 0.172. The number of carboxylic acid groups (broad SMARTS) is 1. The van der Waals surface area contributed by atoms with E-state index in [1.54, 1.807) is 0 Å². The molecule has 26 heavy (non-hydrogen) atoms. The van der Waals surface area contributed by atoms with Crippen LogP contribution in [0.3, 0.4) is 0 Å². The number of hydrogen-bond donors (Lipinski definition) is 2. The van der Waals surface area contributed by atoms with Crippen LogP contribution in [0, 0.1) is 0 Å². The minimum Gasteiger partial charge on any atom is -0.481 e. The van der Waals surface area contributed by atoms with Crippen molar-refractivity contribution in [1.82, 2.24) is 0 Å². The molecule has 0 aliphatic rings. The molecular weight excluding hydrogens is 324 g/mol. The highest BCUT2D eigenvalue weighted by molar-refractivity contribution is 5.67. The van der Waals surface area contributed by atoms with Crippen LogP contribution in [0.4, 0.5) is 0 Å². The summed E-state index contributed by atoms with van der Waals surface area (Å²) in [5.74, 6) is 0.102. The first-order valence-electron chi connectivity index (χ1n) is 10.3. The zero-order chi connectivity index (χ0) is 19.7. The molecule has 0 saturated heterocycles. The molecule has 1 aromatic carbocycles. The molecule has 0 spiro atoms. The molecule has 3 nitrogen and oxygen atoms in total. The first kappa shape index (κ1) is 22.7. The summed E-state index contributed by atoms with van der Waals surface area (Å²) in [6, 6.07) is 4.52. The fourth-order valence-electron chi connectivity index (χ4n) is 3.50. The van der Waals surface area contributed by atoms with E-state index in [4.69, 9.17) is 5.11 Å². The normalized spacial score (nSPS) is 12.8. The van der Waals surface area contributed by atoms with E-state index < -0.39 is 5.97 Å². The van der Waals surface area contributed by atoms with Crippen LogP contribution in [0.1, 0.15) is 107 Å². The lowest BCUT2D eigenvalue weighted by Gasteiger charge is -2.21. The predicted molar refractivity (Wildman–Crippen MR) is 109 cm³/mol. The molecule has 148 valence electrons. The van der Waals surface area contributed by atoms with Crippen molar-refractivity contribution in [1.29, 1.82) is 0 Å². The van der Waals surface area contributed by atoms with Crippen LogP contribution in [0.5, 0.6) is 0 Å². The van der Waals surface area contributed by atoms with E-state index in [2.05, 4.69) is 46.8 Å². The number of aryl methyl sites for hydroxylation is 1. The van der Waals surface area contributed by atoms with Gasteiger partial charge in [0.05, 0.1) is 6.10 Å². The zero-order valence-corrected chi connectivity index (χ0v) is 17.3. The monoisotopic (exact) mass is 362 g/mol. The van der Waals surface area contributed by atoms with E-state index in [-0.39, 0.29) is 12.5 Å². The van der Waals surface area contributed by atoms with Gasteiger partial charge in [0.1, 0.15) is 0 Å². The van der Waals surface area contributed by atoms with Gasteiger partial charge in [-0.1, -0.05) is 59.6 Å². The van der Waals surface area contributed by atoms with Crippen molar-refractivity contribution in [3.05, 3.63) is 34.4 Å². The Morgan fingerprint density at radius 1 is 1.00 bits per heavy atom. The first-order valence-corrected chi connectivity index (χ1v) is 10.3. The molecule has 0 amide bonds. The standard InChI is InChI=1S/C23H38O3/c1-6-7-9-20(24)10-8-11-21-18(12-13-23(25)26)14-19(16(2)3)15-22(21)17(4)5/h14-17,20,24H,6-13H2,1-5H3,(H,25,26). The summed E-state index contributed by atoms with van der Waals surface area (Å²) in [5.41, 5.74) is 5.14. The van der Waals surface area contributed by atoms with E-state index in [9.17, 15) is 9.90 Å². The van der Waals surface area contributed by atoms with Gasteiger partial charge >= 0.3 is 5.97 Å². The largest absolute Gasteiger partial charge is 0.481 e. The molecule has 0 aromatic heterocycles. The number of carboxylic acids is 1. The molecule has 1 atom stereocenters. The number of aliphatic hydroxyl groups excluding tert-OH is 1. The molecular formula is C23H38O3. The summed E-state index contributed by atoms with van der Waals surface area (Å²) in [6.07, 6.45) is 6.31. The number of aliphatic carboxylic acids is 1. The van der Waals surface area contributed by atoms with Crippen molar-refractivity contribution >= 4 is 5.97 Å². The van der Waals surface area contributed by atoms with Gasteiger partial charge in [-0.15, -0.1) is 0 Å². The van der Waals surface area contributed by atoms with Crippen molar-refractivity contribution < 1.29 is 15.0 Å². The minimum atomic E-state index is -0.744. The lowest BCUT2D eigenvalue weighted by atomic mass is 9.84. The van der Waals surface area contributed by atoms with Crippen molar-refractivity contribution in [2.24, 2.45) is 0 Å². The molecule has 3 heteroatoms. The summed E-state index contributed by atoms with van der Waals surface area (Å²) in [5, 5.41) is 19.2. The number of aliphatic hydroxyl groups is 1.